The van der Waals surface area contributed by atoms with Crippen molar-refractivity contribution in [2.24, 2.45) is 0 Å². The zero-order valence-electron chi connectivity index (χ0n) is 8.49. The summed E-state index contributed by atoms with van der Waals surface area (Å²) in [6.07, 6.45) is 2.08. The van der Waals surface area contributed by atoms with E-state index in [4.69, 9.17) is 9.63 Å². The molecule has 0 fully saturated rings. The fourth-order valence-electron chi connectivity index (χ4n) is 1.95. The van der Waals surface area contributed by atoms with Crippen molar-refractivity contribution in [1.82, 2.24) is 10.1 Å². The van der Waals surface area contributed by atoms with E-state index < -0.39 is 0 Å². The van der Waals surface area contributed by atoms with Crippen LogP contribution in [0.5, 0.6) is 0 Å². The molecule has 0 unspecified atom stereocenters. The average molecular weight is 196 g/mol. The molecule has 0 aromatic carbocycles. The quantitative estimate of drug-likeness (QED) is 0.781. The normalized spacial score (nSPS) is 17.0. The van der Waals surface area contributed by atoms with Crippen LogP contribution in [0.15, 0.2) is 4.52 Å². The summed E-state index contributed by atoms with van der Waals surface area (Å²) in [6, 6.07) is 0. The Bertz CT molecular complexity index is 296. The van der Waals surface area contributed by atoms with E-state index in [1.54, 1.807) is 0 Å². The van der Waals surface area contributed by atoms with Gasteiger partial charge in [-0.05, 0) is 13.0 Å². The van der Waals surface area contributed by atoms with Crippen LogP contribution >= 0.6 is 0 Å². The second-order valence-corrected chi connectivity index (χ2v) is 3.72. The summed E-state index contributed by atoms with van der Waals surface area (Å²) in [5, 5.41) is 12.9. The molecule has 1 aromatic heterocycles. The first-order valence-electron chi connectivity index (χ1n) is 5.14. The van der Waals surface area contributed by atoms with Gasteiger partial charge in [0.1, 0.15) is 11.5 Å². The molecule has 14 heavy (non-hydrogen) atoms. The van der Waals surface area contributed by atoms with Crippen LogP contribution in [0.1, 0.15) is 30.4 Å². The van der Waals surface area contributed by atoms with E-state index in [1.807, 2.05) is 0 Å². The molecule has 1 aliphatic heterocycles. The highest BCUT2D eigenvalue weighted by Gasteiger charge is 2.22. The molecule has 4 nitrogen and oxygen atoms in total. The van der Waals surface area contributed by atoms with Crippen LogP contribution in [-0.2, 0) is 19.6 Å². The first-order chi connectivity index (χ1) is 6.85. The highest BCUT2D eigenvalue weighted by atomic mass is 16.5. The van der Waals surface area contributed by atoms with Gasteiger partial charge < -0.3 is 9.63 Å². The molecule has 0 amide bonds. The van der Waals surface area contributed by atoms with Gasteiger partial charge in [0, 0.05) is 25.1 Å². The fourth-order valence-corrected chi connectivity index (χ4v) is 1.95. The Balaban J connectivity index is 2.14. The van der Waals surface area contributed by atoms with E-state index in [-0.39, 0.29) is 6.61 Å². The summed E-state index contributed by atoms with van der Waals surface area (Å²) >= 11 is 0. The molecular formula is C10H16N2O2. The Morgan fingerprint density at radius 3 is 3.14 bits per heavy atom. The predicted octanol–water partition coefficient (Wildman–Crippen LogP) is 0.935. The van der Waals surface area contributed by atoms with Crippen molar-refractivity contribution < 1.29 is 9.63 Å². The molecular weight excluding hydrogens is 180 g/mol. The van der Waals surface area contributed by atoms with Crippen LogP contribution in [0.25, 0.3) is 0 Å². The molecule has 2 heterocycles. The summed E-state index contributed by atoms with van der Waals surface area (Å²) in [6.45, 7) is 5.19. The van der Waals surface area contributed by atoms with E-state index in [0.717, 1.165) is 43.8 Å². The summed E-state index contributed by atoms with van der Waals surface area (Å²) in [5.41, 5.74) is 1.81. The van der Waals surface area contributed by atoms with Crippen LogP contribution < -0.4 is 0 Å². The third-order valence-electron chi connectivity index (χ3n) is 2.68. The molecule has 0 spiro atoms. The summed E-state index contributed by atoms with van der Waals surface area (Å²) in [7, 11) is 0. The van der Waals surface area contributed by atoms with Crippen molar-refractivity contribution in [1.29, 1.82) is 0 Å². The smallest absolute Gasteiger partial charge is 0.142 e. The zero-order valence-corrected chi connectivity index (χ0v) is 8.49. The predicted molar refractivity (Wildman–Crippen MR) is 51.7 cm³/mol. The maximum absolute atomic E-state index is 9.06. The lowest BCUT2D eigenvalue weighted by Gasteiger charge is -2.25. The first-order valence-corrected chi connectivity index (χ1v) is 5.14. The molecule has 1 aromatic rings. The number of hydrogen-bond acceptors (Lipinski definition) is 4. The molecule has 2 rings (SSSR count). The lowest BCUT2D eigenvalue weighted by atomic mass is 10.1. The monoisotopic (exact) mass is 196 g/mol. The summed E-state index contributed by atoms with van der Waals surface area (Å²) < 4.78 is 5.17. The van der Waals surface area contributed by atoms with E-state index in [0.29, 0.717) is 5.69 Å². The van der Waals surface area contributed by atoms with Gasteiger partial charge in [0.2, 0.25) is 0 Å². The van der Waals surface area contributed by atoms with E-state index in [2.05, 4.69) is 17.0 Å². The topological polar surface area (TPSA) is 49.5 Å². The van der Waals surface area contributed by atoms with Gasteiger partial charge in [-0.1, -0.05) is 12.1 Å². The Labute approximate surface area is 83.5 Å². The lowest BCUT2D eigenvalue weighted by molar-refractivity contribution is 0.236. The molecule has 0 radical (unpaired) electrons. The van der Waals surface area contributed by atoms with Gasteiger partial charge in [-0.3, -0.25) is 4.90 Å². The van der Waals surface area contributed by atoms with Crippen LogP contribution in [0, 0.1) is 0 Å². The number of nitrogens with zero attached hydrogens (tertiary/aromatic N) is 2. The third-order valence-corrected chi connectivity index (χ3v) is 2.68. The van der Waals surface area contributed by atoms with Gasteiger partial charge in [-0.15, -0.1) is 0 Å². The number of fused-ring (bicyclic) bond motifs is 1. The number of aliphatic hydroxyl groups excluding tert-OH is 1. The SMILES string of the molecule is CCCN1CCc2onc(CO)c2C1. The van der Waals surface area contributed by atoms with Gasteiger partial charge in [0.15, 0.2) is 0 Å². The molecule has 4 heteroatoms. The third kappa shape index (κ3) is 1.67. The Morgan fingerprint density at radius 2 is 2.43 bits per heavy atom. The molecule has 78 valence electrons. The van der Waals surface area contributed by atoms with Crippen molar-refractivity contribution >= 4 is 0 Å². The average Bonchev–Trinajstić information content (AvgIpc) is 2.60. The molecule has 0 bridgehead atoms. The second kappa shape index (κ2) is 4.11. The van der Waals surface area contributed by atoms with Crippen molar-refractivity contribution in [3.05, 3.63) is 17.0 Å². The van der Waals surface area contributed by atoms with Crippen LogP contribution in [0.3, 0.4) is 0 Å². The number of rotatable bonds is 3. The Hall–Kier alpha value is -0.870. The van der Waals surface area contributed by atoms with Crippen molar-refractivity contribution in [3.8, 4) is 0 Å². The maximum Gasteiger partial charge on any atom is 0.142 e. The summed E-state index contributed by atoms with van der Waals surface area (Å²) in [4.78, 5) is 2.37. The van der Waals surface area contributed by atoms with Gasteiger partial charge in [-0.25, -0.2) is 0 Å². The van der Waals surface area contributed by atoms with Gasteiger partial charge in [0.05, 0.1) is 6.61 Å². The van der Waals surface area contributed by atoms with Crippen molar-refractivity contribution in [2.75, 3.05) is 13.1 Å². The molecule has 0 aliphatic carbocycles. The Kier molecular flexibility index (Phi) is 2.84. The van der Waals surface area contributed by atoms with Crippen molar-refractivity contribution in [2.45, 2.75) is 32.9 Å². The maximum atomic E-state index is 9.06. The highest BCUT2D eigenvalue weighted by molar-refractivity contribution is 5.24. The molecule has 0 saturated heterocycles. The molecule has 1 N–H and O–H groups in total. The molecule has 1 aliphatic rings. The van der Waals surface area contributed by atoms with E-state index in [9.17, 15) is 0 Å². The van der Waals surface area contributed by atoms with Crippen LogP contribution in [0.2, 0.25) is 0 Å². The first kappa shape index (κ1) is 9.68. The van der Waals surface area contributed by atoms with Crippen LogP contribution in [0.4, 0.5) is 0 Å². The highest BCUT2D eigenvalue weighted by Crippen LogP contribution is 2.22. The number of hydrogen-bond donors (Lipinski definition) is 1. The van der Waals surface area contributed by atoms with Gasteiger partial charge in [-0.2, -0.15) is 0 Å². The zero-order chi connectivity index (χ0) is 9.97. The number of aromatic nitrogens is 1. The minimum atomic E-state index is -0.0151. The second-order valence-electron chi connectivity index (χ2n) is 3.72. The molecule has 0 atom stereocenters. The van der Waals surface area contributed by atoms with Gasteiger partial charge >= 0.3 is 0 Å². The standard InChI is InChI=1S/C10H16N2O2/c1-2-4-12-5-3-10-8(6-12)9(7-13)11-14-10/h13H,2-7H2,1H3. The van der Waals surface area contributed by atoms with Crippen LogP contribution in [-0.4, -0.2) is 28.3 Å². The largest absolute Gasteiger partial charge is 0.390 e. The van der Waals surface area contributed by atoms with E-state index in [1.165, 1.54) is 0 Å². The number of aliphatic hydroxyl groups is 1. The minimum absolute atomic E-state index is 0.0151. The van der Waals surface area contributed by atoms with Crippen molar-refractivity contribution in [3.63, 3.8) is 0 Å². The molecule has 0 saturated carbocycles. The van der Waals surface area contributed by atoms with Gasteiger partial charge in [0.25, 0.3) is 0 Å². The Morgan fingerprint density at radius 1 is 1.57 bits per heavy atom. The fraction of sp³-hybridized carbons (Fsp3) is 0.700. The lowest BCUT2D eigenvalue weighted by Crippen LogP contribution is -2.30. The van der Waals surface area contributed by atoms with E-state index >= 15 is 0 Å². The minimum Gasteiger partial charge on any atom is -0.390 e. The summed E-state index contributed by atoms with van der Waals surface area (Å²) in [5.74, 6) is 0.960.